The minimum Gasteiger partial charge on any atom is -0.325 e. The van der Waals surface area contributed by atoms with E-state index in [0.29, 0.717) is 22.0 Å². The van der Waals surface area contributed by atoms with Gasteiger partial charge in [0.25, 0.3) is 5.91 Å². The Morgan fingerprint density at radius 1 is 0.964 bits per heavy atom. The number of aromatic nitrogens is 1. The maximum atomic E-state index is 12.3. The molecule has 0 fully saturated rings. The third-order valence-corrected chi connectivity index (χ3v) is 5.18. The van der Waals surface area contributed by atoms with E-state index in [1.54, 1.807) is 60.9 Å². The monoisotopic (exact) mass is 411 g/mol. The Kier molecular flexibility index (Phi) is 6.68. The SMILES string of the molecule is CC(Sc1ccc(NC(=O)c2cccc(Cl)c2)cc1)C(=O)Nc1ccncc1. The van der Waals surface area contributed by atoms with Crippen molar-refractivity contribution in [2.75, 3.05) is 10.6 Å². The summed E-state index contributed by atoms with van der Waals surface area (Å²) < 4.78 is 0. The smallest absolute Gasteiger partial charge is 0.255 e. The van der Waals surface area contributed by atoms with E-state index in [9.17, 15) is 9.59 Å². The van der Waals surface area contributed by atoms with Crippen molar-refractivity contribution in [1.29, 1.82) is 0 Å². The van der Waals surface area contributed by atoms with Crippen molar-refractivity contribution in [3.8, 4) is 0 Å². The van der Waals surface area contributed by atoms with Gasteiger partial charge >= 0.3 is 0 Å². The van der Waals surface area contributed by atoms with E-state index < -0.39 is 0 Å². The zero-order valence-electron chi connectivity index (χ0n) is 15.1. The molecule has 0 aliphatic heterocycles. The van der Waals surface area contributed by atoms with Crippen molar-refractivity contribution in [3.63, 3.8) is 0 Å². The minimum atomic E-state index is -0.278. The van der Waals surface area contributed by atoms with Gasteiger partial charge < -0.3 is 10.6 Å². The average molecular weight is 412 g/mol. The molecule has 2 amide bonds. The first-order valence-corrected chi connectivity index (χ1v) is 9.81. The number of benzene rings is 2. The summed E-state index contributed by atoms with van der Waals surface area (Å²) in [5, 5.41) is 5.92. The van der Waals surface area contributed by atoms with Crippen LogP contribution in [0.3, 0.4) is 0 Å². The predicted molar refractivity (Wildman–Crippen MR) is 114 cm³/mol. The Bertz CT molecular complexity index is 965. The Morgan fingerprint density at radius 2 is 1.64 bits per heavy atom. The van der Waals surface area contributed by atoms with Gasteiger partial charge in [-0.1, -0.05) is 17.7 Å². The van der Waals surface area contributed by atoms with E-state index in [1.807, 2.05) is 19.1 Å². The van der Waals surface area contributed by atoms with Crippen LogP contribution in [0.5, 0.6) is 0 Å². The van der Waals surface area contributed by atoms with Gasteiger partial charge in [0.05, 0.1) is 5.25 Å². The van der Waals surface area contributed by atoms with Crippen LogP contribution in [0.25, 0.3) is 0 Å². The number of thioether (sulfide) groups is 1. The Hall–Kier alpha value is -2.83. The molecule has 2 N–H and O–H groups in total. The number of pyridine rings is 1. The van der Waals surface area contributed by atoms with Crippen LogP contribution >= 0.6 is 23.4 Å². The maximum absolute atomic E-state index is 12.3. The summed E-state index contributed by atoms with van der Waals surface area (Å²) >= 11 is 7.36. The largest absolute Gasteiger partial charge is 0.325 e. The molecule has 1 unspecified atom stereocenters. The number of rotatable bonds is 6. The summed E-state index contributed by atoms with van der Waals surface area (Å²) in [6.45, 7) is 1.84. The van der Waals surface area contributed by atoms with Crippen LogP contribution in [-0.2, 0) is 4.79 Å². The molecule has 1 atom stereocenters. The molecule has 0 aliphatic rings. The number of nitrogens with zero attached hydrogens (tertiary/aromatic N) is 1. The quantitative estimate of drug-likeness (QED) is 0.553. The van der Waals surface area contributed by atoms with Crippen molar-refractivity contribution in [3.05, 3.63) is 83.6 Å². The van der Waals surface area contributed by atoms with Gasteiger partial charge in [0.1, 0.15) is 0 Å². The van der Waals surface area contributed by atoms with Crippen LogP contribution in [0, 0.1) is 0 Å². The third-order valence-electron chi connectivity index (χ3n) is 3.83. The summed E-state index contributed by atoms with van der Waals surface area (Å²) in [7, 11) is 0. The molecule has 7 heteroatoms. The van der Waals surface area contributed by atoms with Gasteiger partial charge in [0.15, 0.2) is 0 Å². The molecule has 1 aromatic heterocycles. The first-order chi connectivity index (χ1) is 13.5. The second kappa shape index (κ2) is 9.39. The van der Waals surface area contributed by atoms with E-state index in [4.69, 9.17) is 11.6 Å². The second-order valence-electron chi connectivity index (χ2n) is 5.97. The van der Waals surface area contributed by atoms with E-state index in [2.05, 4.69) is 15.6 Å². The fourth-order valence-corrected chi connectivity index (χ4v) is 3.44. The van der Waals surface area contributed by atoms with Gasteiger partial charge in [-0.3, -0.25) is 14.6 Å². The molecule has 1 heterocycles. The zero-order chi connectivity index (χ0) is 19.9. The number of anilines is 2. The van der Waals surface area contributed by atoms with Gasteiger partial charge in [0, 0.05) is 39.3 Å². The lowest BCUT2D eigenvalue weighted by Crippen LogP contribution is -2.22. The summed E-state index contributed by atoms with van der Waals surface area (Å²) in [6, 6.07) is 17.6. The van der Waals surface area contributed by atoms with E-state index in [-0.39, 0.29) is 17.1 Å². The Morgan fingerprint density at radius 3 is 2.32 bits per heavy atom. The van der Waals surface area contributed by atoms with E-state index >= 15 is 0 Å². The van der Waals surface area contributed by atoms with Crippen LogP contribution in [-0.4, -0.2) is 22.0 Å². The predicted octanol–water partition coefficient (Wildman–Crippen LogP) is 5.11. The molecule has 2 aromatic carbocycles. The second-order valence-corrected chi connectivity index (χ2v) is 7.82. The first-order valence-electron chi connectivity index (χ1n) is 8.56. The van der Waals surface area contributed by atoms with Gasteiger partial charge in [-0.2, -0.15) is 0 Å². The highest BCUT2D eigenvalue weighted by atomic mass is 35.5. The van der Waals surface area contributed by atoms with Crippen molar-refractivity contribution in [2.45, 2.75) is 17.1 Å². The molecular weight excluding hydrogens is 394 g/mol. The highest BCUT2D eigenvalue weighted by Crippen LogP contribution is 2.26. The minimum absolute atomic E-state index is 0.0884. The number of carbonyl (C=O) groups is 2. The average Bonchev–Trinajstić information content (AvgIpc) is 2.70. The van der Waals surface area contributed by atoms with Crippen LogP contribution in [0.1, 0.15) is 17.3 Å². The van der Waals surface area contributed by atoms with Crippen LogP contribution in [0.2, 0.25) is 5.02 Å². The number of nitrogens with one attached hydrogen (secondary N) is 2. The van der Waals surface area contributed by atoms with Crippen molar-refractivity contribution in [1.82, 2.24) is 4.98 Å². The molecule has 3 rings (SSSR count). The molecule has 0 radical (unpaired) electrons. The lowest BCUT2D eigenvalue weighted by molar-refractivity contribution is -0.115. The fourth-order valence-electron chi connectivity index (χ4n) is 2.39. The number of amides is 2. The van der Waals surface area contributed by atoms with Gasteiger partial charge in [-0.05, 0) is 61.5 Å². The zero-order valence-corrected chi connectivity index (χ0v) is 16.6. The number of halogens is 1. The van der Waals surface area contributed by atoms with Gasteiger partial charge in [0.2, 0.25) is 5.91 Å². The van der Waals surface area contributed by atoms with Crippen molar-refractivity contribution >= 4 is 46.6 Å². The van der Waals surface area contributed by atoms with Crippen LogP contribution < -0.4 is 10.6 Å². The highest BCUT2D eigenvalue weighted by Gasteiger charge is 2.15. The highest BCUT2D eigenvalue weighted by molar-refractivity contribution is 8.00. The molecule has 5 nitrogen and oxygen atoms in total. The topological polar surface area (TPSA) is 71.1 Å². The maximum Gasteiger partial charge on any atom is 0.255 e. The number of hydrogen-bond donors (Lipinski definition) is 2. The van der Waals surface area contributed by atoms with Crippen molar-refractivity contribution < 1.29 is 9.59 Å². The molecule has 0 saturated carbocycles. The van der Waals surface area contributed by atoms with E-state index in [1.165, 1.54) is 11.8 Å². The number of hydrogen-bond acceptors (Lipinski definition) is 4. The standard InChI is InChI=1S/C21H18ClN3O2S/c1-14(20(26)24-18-9-11-23-12-10-18)28-19-7-5-17(6-8-19)25-21(27)15-3-2-4-16(22)13-15/h2-14H,1H3,(H,25,27)(H,23,24,26). The number of carbonyl (C=O) groups excluding carboxylic acids is 2. The fraction of sp³-hybridized carbons (Fsp3) is 0.0952. The lowest BCUT2D eigenvalue weighted by Gasteiger charge is -2.12. The summed E-state index contributed by atoms with van der Waals surface area (Å²) in [5.74, 6) is -0.317. The Balaban J connectivity index is 1.56. The molecule has 3 aromatic rings. The molecule has 0 bridgehead atoms. The Labute approximate surface area is 172 Å². The molecule has 142 valence electrons. The third kappa shape index (κ3) is 5.58. The first kappa shape index (κ1) is 19.9. The van der Waals surface area contributed by atoms with Gasteiger partial charge in [-0.15, -0.1) is 11.8 Å². The van der Waals surface area contributed by atoms with Crippen LogP contribution in [0.4, 0.5) is 11.4 Å². The molecule has 0 aliphatic carbocycles. The molecular formula is C21H18ClN3O2S. The normalized spacial score (nSPS) is 11.5. The van der Waals surface area contributed by atoms with Gasteiger partial charge in [-0.25, -0.2) is 0 Å². The lowest BCUT2D eigenvalue weighted by atomic mass is 10.2. The summed E-state index contributed by atoms with van der Waals surface area (Å²) in [5.41, 5.74) is 1.88. The van der Waals surface area contributed by atoms with Crippen molar-refractivity contribution in [2.24, 2.45) is 0 Å². The molecule has 28 heavy (non-hydrogen) atoms. The molecule has 0 saturated heterocycles. The van der Waals surface area contributed by atoms with E-state index in [0.717, 1.165) is 4.90 Å². The molecule has 0 spiro atoms. The summed E-state index contributed by atoms with van der Waals surface area (Å²) in [6.07, 6.45) is 3.26. The summed E-state index contributed by atoms with van der Waals surface area (Å²) in [4.78, 5) is 29.4. The van der Waals surface area contributed by atoms with Crippen LogP contribution in [0.15, 0.2) is 78.0 Å².